The lowest BCUT2D eigenvalue weighted by Crippen LogP contribution is -2.41. The van der Waals surface area contributed by atoms with Crippen LogP contribution in [-0.4, -0.2) is 40.0 Å². The van der Waals surface area contributed by atoms with E-state index in [-0.39, 0.29) is 4.90 Å². The Bertz CT molecular complexity index is 1300. The van der Waals surface area contributed by atoms with Crippen LogP contribution >= 0.6 is 0 Å². The highest BCUT2D eigenvalue weighted by atomic mass is 32.2. The van der Waals surface area contributed by atoms with E-state index < -0.39 is 27.5 Å². The maximum atomic E-state index is 13.2. The minimum absolute atomic E-state index is 0.171. The van der Waals surface area contributed by atoms with Crippen LogP contribution in [0.15, 0.2) is 65.6 Å². The van der Waals surface area contributed by atoms with Crippen LogP contribution in [0, 0.1) is 0 Å². The number of esters is 1. The van der Waals surface area contributed by atoms with Gasteiger partial charge in [0.05, 0.1) is 4.90 Å². The molecule has 0 aromatic heterocycles. The fraction of sp³-hybridized carbons (Fsp3) is 0.250. The standard InChI is InChI=1S/C24H27N3O5S/c1-16(28)32-24(2,3)23(29)25-17-12-14-18(15-13-17)26-33(30,31)22-11-7-8-19-20(22)9-6-10-21(19)27(4)5/h6-15,26H,1-5H3,(H,25,29). The lowest BCUT2D eigenvalue weighted by atomic mass is 10.1. The molecule has 33 heavy (non-hydrogen) atoms. The van der Waals surface area contributed by atoms with E-state index in [9.17, 15) is 18.0 Å². The lowest BCUT2D eigenvalue weighted by Gasteiger charge is -2.23. The number of anilines is 3. The first-order chi connectivity index (χ1) is 15.4. The van der Waals surface area contributed by atoms with Crippen molar-refractivity contribution in [1.82, 2.24) is 0 Å². The van der Waals surface area contributed by atoms with Gasteiger partial charge in [-0.15, -0.1) is 0 Å². The molecule has 0 bridgehead atoms. The number of hydrogen-bond acceptors (Lipinski definition) is 6. The van der Waals surface area contributed by atoms with Gasteiger partial charge in [-0.3, -0.25) is 14.3 Å². The van der Waals surface area contributed by atoms with Crippen LogP contribution in [-0.2, 0) is 24.3 Å². The number of nitrogens with zero attached hydrogens (tertiary/aromatic N) is 1. The van der Waals surface area contributed by atoms with Crippen LogP contribution in [0.25, 0.3) is 10.8 Å². The van der Waals surface area contributed by atoms with E-state index in [1.54, 1.807) is 42.5 Å². The van der Waals surface area contributed by atoms with Gasteiger partial charge >= 0.3 is 5.97 Å². The van der Waals surface area contributed by atoms with Crippen LogP contribution < -0.4 is 14.9 Å². The highest BCUT2D eigenvalue weighted by Crippen LogP contribution is 2.31. The van der Waals surface area contributed by atoms with Crippen LogP contribution in [0.2, 0.25) is 0 Å². The number of rotatable bonds is 7. The molecule has 0 aliphatic heterocycles. The summed E-state index contributed by atoms with van der Waals surface area (Å²) in [7, 11) is -0.0591. The van der Waals surface area contributed by atoms with E-state index in [4.69, 9.17) is 4.74 Å². The van der Waals surface area contributed by atoms with E-state index in [1.807, 2.05) is 37.2 Å². The molecule has 0 saturated carbocycles. The predicted octanol–water partition coefficient (Wildman–Crippen LogP) is 3.99. The zero-order valence-corrected chi connectivity index (χ0v) is 20.0. The molecular formula is C24H27N3O5S. The highest BCUT2D eigenvalue weighted by molar-refractivity contribution is 7.93. The zero-order chi connectivity index (χ0) is 24.4. The first-order valence-corrected chi connectivity index (χ1v) is 11.7. The average Bonchev–Trinajstić information content (AvgIpc) is 2.73. The summed E-state index contributed by atoms with van der Waals surface area (Å²) in [5.41, 5.74) is 0.351. The van der Waals surface area contributed by atoms with Gasteiger partial charge in [-0.1, -0.05) is 24.3 Å². The van der Waals surface area contributed by atoms with Crippen molar-refractivity contribution in [3.05, 3.63) is 60.7 Å². The monoisotopic (exact) mass is 469 g/mol. The summed E-state index contributed by atoms with van der Waals surface area (Å²) in [6, 6.07) is 16.9. The van der Waals surface area contributed by atoms with E-state index >= 15 is 0 Å². The van der Waals surface area contributed by atoms with Gasteiger partial charge < -0.3 is 15.0 Å². The van der Waals surface area contributed by atoms with Crippen molar-refractivity contribution >= 4 is 49.7 Å². The fourth-order valence-corrected chi connectivity index (χ4v) is 4.69. The molecule has 0 atom stereocenters. The average molecular weight is 470 g/mol. The maximum absolute atomic E-state index is 13.2. The molecule has 0 heterocycles. The van der Waals surface area contributed by atoms with Gasteiger partial charge in [0.15, 0.2) is 5.60 Å². The number of amides is 1. The van der Waals surface area contributed by atoms with Crippen molar-refractivity contribution in [3.63, 3.8) is 0 Å². The second kappa shape index (κ2) is 9.11. The zero-order valence-electron chi connectivity index (χ0n) is 19.2. The number of fused-ring (bicyclic) bond motifs is 1. The summed E-state index contributed by atoms with van der Waals surface area (Å²) in [5.74, 6) is -1.07. The minimum atomic E-state index is -3.87. The second-order valence-electron chi connectivity index (χ2n) is 8.26. The largest absolute Gasteiger partial charge is 0.450 e. The first kappa shape index (κ1) is 24.1. The number of sulfonamides is 1. The molecule has 1 amide bonds. The van der Waals surface area contributed by atoms with Gasteiger partial charge in [-0.2, -0.15) is 0 Å². The van der Waals surface area contributed by atoms with Crippen molar-refractivity contribution in [2.75, 3.05) is 29.0 Å². The Morgan fingerprint density at radius 1 is 0.879 bits per heavy atom. The fourth-order valence-electron chi connectivity index (χ4n) is 3.41. The van der Waals surface area contributed by atoms with E-state index in [0.717, 1.165) is 11.1 Å². The van der Waals surface area contributed by atoms with E-state index in [2.05, 4.69) is 10.0 Å². The summed E-state index contributed by atoms with van der Waals surface area (Å²) in [4.78, 5) is 25.6. The number of carbonyl (C=O) groups excluding carboxylic acids is 2. The summed E-state index contributed by atoms with van der Waals surface area (Å²) in [6.45, 7) is 4.20. The third-order valence-electron chi connectivity index (χ3n) is 4.97. The molecule has 0 saturated heterocycles. The van der Waals surface area contributed by atoms with Gasteiger partial charge in [0.25, 0.3) is 15.9 Å². The highest BCUT2D eigenvalue weighted by Gasteiger charge is 2.31. The summed E-state index contributed by atoms with van der Waals surface area (Å²) < 4.78 is 33.9. The molecule has 0 spiro atoms. The molecule has 3 aromatic rings. The van der Waals surface area contributed by atoms with E-state index in [1.165, 1.54) is 20.8 Å². The van der Waals surface area contributed by atoms with Gasteiger partial charge in [-0.25, -0.2) is 8.42 Å². The summed E-state index contributed by atoms with van der Waals surface area (Å²) in [5, 5.41) is 4.10. The van der Waals surface area contributed by atoms with Crippen molar-refractivity contribution < 1.29 is 22.7 Å². The molecule has 0 aliphatic rings. The number of ether oxygens (including phenoxy) is 1. The number of hydrogen-bond donors (Lipinski definition) is 2. The SMILES string of the molecule is CC(=O)OC(C)(C)C(=O)Nc1ccc(NS(=O)(=O)c2cccc3c(N(C)C)cccc23)cc1. The van der Waals surface area contributed by atoms with Crippen LogP contribution in [0.1, 0.15) is 20.8 Å². The molecule has 8 nitrogen and oxygen atoms in total. The minimum Gasteiger partial charge on any atom is -0.450 e. The Kier molecular flexibility index (Phi) is 6.64. The smallest absolute Gasteiger partial charge is 0.303 e. The number of carbonyl (C=O) groups is 2. The molecule has 0 fully saturated rings. The number of nitrogens with one attached hydrogen (secondary N) is 2. The molecule has 0 unspecified atom stereocenters. The Labute approximate surface area is 193 Å². The summed E-state index contributed by atoms with van der Waals surface area (Å²) in [6.07, 6.45) is 0. The van der Waals surface area contributed by atoms with Crippen LogP contribution in [0.4, 0.5) is 17.1 Å². The normalized spacial score (nSPS) is 11.7. The number of benzene rings is 3. The van der Waals surface area contributed by atoms with Gasteiger partial charge in [0, 0.05) is 48.9 Å². The molecule has 174 valence electrons. The van der Waals surface area contributed by atoms with Crippen molar-refractivity contribution in [1.29, 1.82) is 0 Å². The van der Waals surface area contributed by atoms with Gasteiger partial charge in [0.2, 0.25) is 0 Å². The summed E-state index contributed by atoms with van der Waals surface area (Å²) >= 11 is 0. The first-order valence-electron chi connectivity index (χ1n) is 10.2. The predicted molar refractivity (Wildman–Crippen MR) is 130 cm³/mol. The molecular weight excluding hydrogens is 442 g/mol. The Hall–Kier alpha value is -3.59. The topological polar surface area (TPSA) is 105 Å². The molecule has 3 rings (SSSR count). The quantitative estimate of drug-likeness (QED) is 0.507. The van der Waals surface area contributed by atoms with Gasteiger partial charge in [-0.05, 0) is 50.2 Å². The third-order valence-corrected chi connectivity index (χ3v) is 6.41. The molecule has 0 radical (unpaired) electrons. The lowest BCUT2D eigenvalue weighted by molar-refractivity contribution is -0.160. The third kappa shape index (κ3) is 5.43. The van der Waals surface area contributed by atoms with E-state index in [0.29, 0.717) is 16.8 Å². The molecule has 2 N–H and O–H groups in total. The van der Waals surface area contributed by atoms with Crippen molar-refractivity contribution in [2.24, 2.45) is 0 Å². The van der Waals surface area contributed by atoms with Crippen LogP contribution in [0.5, 0.6) is 0 Å². The van der Waals surface area contributed by atoms with Crippen molar-refractivity contribution in [3.8, 4) is 0 Å². The Morgan fingerprint density at radius 2 is 1.45 bits per heavy atom. The molecule has 9 heteroatoms. The second-order valence-corrected chi connectivity index (χ2v) is 9.91. The Morgan fingerprint density at radius 3 is 2.06 bits per heavy atom. The van der Waals surface area contributed by atoms with Gasteiger partial charge in [0.1, 0.15) is 0 Å². The maximum Gasteiger partial charge on any atom is 0.303 e. The Balaban J connectivity index is 1.82. The molecule has 3 aromatic carbocycles. The van der Waals surface area contributed by atoms with Crippen molar-refractivity contribution in [2.45, 2.75) is 31.3 Å². The molecule has 0 aliphatic carbocycles. The van der Waals surface area contributed by atoms with Crippen LogP contribution in [0.3, 0.4) is 0 Å².